The molecule has 0 saturated carbocycles. The molecule has 1 aliphatic heterocycles. The van der Waals surface area contributed by atoms with E-state index in [-0.39, 0.29) is 36.1 Å². The van der Waals surface area contributed by atoms with Crippen LogP contribution in [0.5, 0.6) is 0 Å². The summed E-state index contributed by atoms with van der Waals surface area (Å²) in [5.74, 6) is -0.990. The quantitative estimate of drug-likeness (QED) is 0.257. The van der Waals surface area contributed by atoms with Gasteiger partial charge in [0, 0.05) is 39.3 Å². The van der Waals surface area contributed by atoms with Crippen molar-refractivity contribution in [3.8, 4) is 0 Å². The van der Waals surface area contributed by atoms with Crippen LogP contribution in [0, 0.1) is 0 Å². The normalized spacial score (nSPS) is 16.7. The van der Waals surface area contributed by atoms with Gasteiger partial charge >= 0.3 is 0 Å². The highest BCUT2D eigenvalue weighted by atomic mass is 32.2. The molecule has 0 bridgehead atoms. The van der Waals surface area contributed by atoms with Crippen LogP contribution < -0.4 is 0 Å². The van der Waals surface area contributed by atoms with Crippen molar-refractivity contribution in [3.63, 3.8) is 0 Å². The van der Waals surface area contributed by atoms with Gasteiger partial charge < -0.3 is 0 Å². The van der Waals surface area contributed by atoms with Crippen molar-refractivity contribution < 1.29 is 51.9 Å². The van der Waals surface area contributed by atoms with Gasteiger partial charge in [0.25, 0.3) is 40.5 Å². The molecule has 0 atom stereocenters. The Morgan fingerprint density at radius 3 is 0.867 bits per heavy atom. The SMILES string of the molecule is CCS(=O)(=O)O.CCS(=O)(=O)O.O=S(=O)(O)CCN1CCN(CCS(=O)(=O)O)CC1. The largest absolute Gasteiger partial charge is 0.300 e. The van der Waals surface area contributed by atoms with Gasteiger partial charge in [-0.1, -0.05) is 0 Å². The fourth-order valence-corrected chi connectivity index (χ4v) is 2.70. The van der Waals surface area contributed by atoms with Crippen molar-refractivity contribution in [2.75, 3.05) is 62.3 Å². The van der Waals surface area contributed by atoms with Crippen LogP contribution in [0.1, 0.15) is 13.8 Å². The van der Waals surface area contributed by atoms with Crippen LogP contribution in [0.15, 0.2) is 0 Å². The average Bonchev–Trinajstić information content (AvgIpc) is 2.57. The molecule has 4 N–H and O–H groups in total. The van der Waals surface area contributed by atoms with Gasteiger partial charge in [-0.15, -0.1) is 0 Å². The Kier molecular flexibility index (Phi) is 14.7. The van der Waals surface area contributed by atoms with E-state index in [0.29, 0.717) is 26.2 Å². The summed E-state index contributed by atoms with van der Waals surface area (Å²) in [6, 6.07) is 0. The summed E-state index contributed by atoms with van der Waals surface area (Å²) in [5.41, 5.74) is 0. The summed E-state index contributed by atoms with van der Waals surface area (Å²) in [5, 5.41) is 0. The maximum absolute atomic E-state index is 10.6. The smallest absolute Gasteiger partial charge is 0.266 e. The van der Waals surface area contributed by atoms with Crippen molar-refractivity contribution in [1.29, 1.82) is 0 Å². The second-order valence-electron chi connectivity index (χ2n) is 6.00. The van der Waals surface area contributed by atoms with E-state index in [2.05, 4.69) is 0 Å². The maximum atomic E-state index is 10.6. The molecular weight excluding hydrogens is 492 g/mol. The van der Waals surface area contributed by atoms with Crippen LogP contribution in [-0.2, 0) is 40.5 Å². The summed E-state index contributed by atoms with van der Waals surface area (Å²) >= 11 is 0. The van der Waals surface area contributed by atoms with Crippen LogP contribution in [0.3, 0.4) is 0 Å². The molecule has 184 valence electrons. The average molecular weight is 523 g/mol. The molecule has 0 unspecified atom stereocenters. The van der Waals surface area contributed by atoms with Gasteiger partial charge in [-0.05, 0) is 13.8 Å². The molecule has 1 heterocycles. The highest BCUT2D eigenvalue weighted by molar-refractivity contribution is 7.86. The van der Waals surface area contributed by atoms with E-state index in [1.54, 1.807) is 0 Å². The molecule has 0 aromatic rings. The Bertz CT molecular complexity index is 813. The molecule has 0 amide bonds. The molecule has 14 nitrogen and oxygen atoms in total. The lowest BCUT2D eigenvalue weighted by Gasteiger charge is -2.34. The molecule has 0 radical (unpaired) electrons. The zero-order chi connectivity index (χ0) is 24.2. The molecule has 1 rings (SSSR count). The third-order valence-electron chi connectivity index (χ3n) is 3.53. The van der Waals surface area contributed by atoms with E-state index in [1.807, 2.05) is 9.80 Å². The van der Waals surface area contributed by atoms with Gasteiger partial charge in [0.2, 0.25) is 0 Å². The van der Waals surface area contributed by atoms with Gasteiger partial charge in [0.15, 0.2) is 0 Å². The van der Waals surface area contributed by atoms with Gasteiger partial charge in [-0.25, -0.2) is 0 Å². The highest BCUT2D eigenvalue weighted by Crippen LogP contribution is 2.02. The molecule has 1 saturated heterocycles. The Morgan fingerprint density at radius 2 is 0.733 bits per heavy atom. The lowest BCUT2D eigenvalue weighted by molar-refractivity contribution is 0.143. The molecule has 1 aliphatic rings. The van der Waals surface area contributed by atoms with Crippen LogP contribution in [0.4, 0.5) is 0 Å². The summed E-state index contributed by atoms with van der Waals surface area (Å²) in [6.07, 6.45) is 0. The number of nitrogens with zero attached hydrogens (tertiary/aromatic N) is 2. The molecular formula is C12H30N2O12S4. The standard InChI is InChI=1S/C8H18N2O6S2.2C2H6O3S/c11-17(12,13)7-5-9-1-2-10(4-3-9)6-8-18(14,15)16;2*1-2-6(3,4)5/h1-8H2,(H,11,12,13)(H,14,15,16);2*2H2,1H3,(H,3,4,5). The Hall–Kier alpha value is -0.440. The van der Waals surface area contributed by atoms with E-state index in [1.165, 1.54) is 13.8 Å². The van der Waals surface area contributed by atoms with Crippen LogP contribution >= 0.6 is 0 Å². The van der Waals surface area contributed by atoms with Crippen molar-refractivity contribution in [1.82, 2.24) is 9.80 Å². The van der Waals surface area contributed by atoms with Crippen LogP contribution in [-0.4, -0.2) is 124 Å². The number of piperazine rings is 1. The summed E-state index contributed by atoms with van der Waals surface area (Å²) in [7, 11) is -15.2. The van der Waals surface area contributed by atoms with E-state index < -0.39 is 40.5 Å². The summed E-state index contributed by atoms with van der Waals surface area (Å²) in [4.78, 5) is 3.77. The number of hydrogen-bond donors (Lipinski definition) is 4. The van der Waals surface area contributed by atoms with E-state index >= 15 is 0 Å². The lowest BCUT2D eigenvalue weighted by Crippen LogP contribution is -2.48. The van der Waals surface area contributed by atoms with Gasteiger partial charge in [0.05, 0.1) is 23.0 Å². The monoisotopic (exact) mass is 522 g/mol. The predicted octanol–water partition coefficient (Wildman–Crippen LogP) is -1.83. The molecule has 0 aromatic heterocycles. The highest BCUT2D eigenvalue weighted by Gasteiger charge is 2.19. The Balaban J connectivity index is 0. The van der Waals surface area contributed by atoms with Gasteiger partial charge in [-0.2, -0.15) is 33.7 Å². The zero-order valence-electron chi connectivity index (χ0n) is 16.7. The zero-order valence-corrected chi connectivity index (χ0v) is 19.9. The molecule has 1 fully saturated rings. The number of hydrogen-bond acceptors (Lipinski definition) is 10. The maximum Gasteiger partial charge on any atom is 0.266 e. The first-order valence-corrected chi connectivity index (χ1v) is 15.0. The van der Waals surface area contributed by atoms with E-state index in [4.69, 9.17) is 18.2 Å². The fourth-order valence-electron chi connectivity index (χ4n) is 1.73. The minimum atomic E-state index is -3.93. The molecule has 18 heteroatoms. The first kappa shape index (κ1) is 31.7. The summed E-state index contributed by atoms with van der Waals surface area (Å²) < 4.78 is 113. The summed E-state index contributed by atoms with van der Waals surface area (Å²) in [6.45, 7) is 5.73. The van der Waals surface area contributed by atoms with E-state index in [9.17, 15) is 33.7 Å². The molecule has 0 aliphatic carbocycles. The van der Waals surface area contributed by atoms with Crippen molar-refractivity contribution in [2.24, 2.45) is 0 Å². The minimum absolute atomic E-state index is 0.201. The third-order valence-corrected chi connectivity index (χ3v) is 6.38. The van der Waals surface area contributed by atoms with Crippen molar-refractivity contribution >= 4 is 40.5 Å². The predicted molar refractivity (Wildman–Crippen MR) is 110 cm³/mol. The lowest BCUT2D eigenvalue weighted by atomic mass is 10.3. The molecule has 30 heavy (non-hydrogen) atoms. The van der Waals surface area contributed by atoms with Crippen molar-refractivity contribution in [3.05, 3.63) is 0 Å². The topological polar surface area (TPSA) is 224 Å². The second-order valence-corrected chi connectivity index (χ2v) is 12.6. The van der Waals surface area contributed by atoms with Gasteiger partial charge in [0.1, 0.15) is 0 Å². The molecule has 0 spiro atoms. The number of rotatable bonds is 8. The second kappa shape index (κ2) is 13.9. The Morgan fingerprint density at radius 1 is 0.533 bits per heavy atom. The van der Waals surface area contributed by atoms with Crippen molar-refractivity contribution in [2.45, 2.75) is 13.8 Å². The first-order chi connectivity index (χ1) is 13.3. The Labute approximate surface area is 178 Å². The first-order valence-electron chi connectivity index (χ1n) is 8.53. The molecule has 0 aromatic carbocycles. The van der Waals surface area contributed by atoms with Gasteiger partial charge in [-0.3, -0.25) is 28.0 Å². The van der Waals surface area contributed by atoms with E-state index in [0.717, 1.165) is 0 Å². The fraction of sp³-hybridized carbons (Fsp3) is 1.00. The van der Waals surface area contributed by atoms with Crippen LogP contribution in [0.2, 0.25) is 0 Å². The minimum Gasteiger partial charge on any atom is -0.300 e. The van der Waals surface area contributed by atoms with Crippen LogP contribution in [0.25, 0.3) is 0 Å². The third kappa shape index (κ3) is 25.6.